The standard InChI is InChI=1S/C15H19NO3/c1-18-11-13(10-17)16-15(14-8-5-9-19-14)12-6-3-2-4-7-12/h2-9,13,15-17H,10-11H2,1H3. The van der Waals surface area contributed by atoms with Crippen LogP contribution >= 0.6 is 0 Å². The Morgan fingerprint density at radius 1 is 1.21 bits per heavy atom. The molecule has 0 aliphatic heterocycles. The quantitative estimate of drug-likeness (QED) is 0.800. The molecule has 19 heavy (non-hydrogen) atoms. The fraction of sp³-hybridized carbons (Fsp3) is 0.333. The van der Waals surface area contributed by atoms with E-state index in [2.05, 4.69) is 5.32 Å². The second kappa shape index (κ2) is 7.09. The van der Waals surface area contributed by atoms with Gasteiger partial charge in [-0.2, -0.15) is 0 Å². The van der Waals surface area contributed by atoms with Crippen LogP contribution in [0.2, 0.25) is 0 Å². The van der Waals surface area contributed by atoms with Crippen molar-refractivity contribution >= 4 is 0 Å². The molecule has 0 fully saturated rings. The Labute approximate surface area is 113 Å². The van der Waals surface area contributed by atoms with Gasteiger partial charge in [0.15, 0.2) is 0 Å². The van der Waals surface area contributed by atoms with Gasteiger partial charge < -0.3 is 14.3 Å². The molecule has 4 heteroatoms. The van der Waals surface area contributed by atoms with Crippen LogP contribution < -0.4 is 5.32 Å². The first-order valence-electron chi connectivity index (χ1n) is 6.29. The van der Waals surface area contributed by atoms with Crippen LogP contribution in [0, 0.1) is 0 Å². The van der Waals surface area contributed by atoms with E-state index in [4.69, 9.17) is 9.15 Å². The normalized spacial score (nSPS) is 14.2. The van der Waals surface area contributed by atoms with Gasteiger partial charge in [0.2, 0.25) is 0 Å². The van der Waals surface area contributed by atoms with Crippen molar-refractivity contribution in [3.63, 3.8) is 0 Å². The van der Waals surface area contributed by atoms with Crippen molar-refractivity contribution in [3.05, 3.63) is 60.1 Å². The summed E-state index contributed by atoms with van der Waals surface area (Å²) < 4.78 is 10.6. The van der Waals surface area contributed by atoms with E-state index in [0.29, 0.717) is 6.61 Å². The highest BCUT2D eigenvalue weighted by atomic mass is 16.5. The third kappa shape index (κ3) is 3.67. The zero-order chi connectivity index (χ0) is 13.5. The van der Waals surface area contributed by atoms with Crippen LogP contribution in [-0.2, 0) is 4.74 Å². The summed E-state index contributed by atoms with van der Waals surface area (Å²) in [5.41, 5.74) is 1.09. The Morgan fingerprint density at radius 3 is 2.58 bits per heavy atom. The molecule has 2 atom stereocenters. The Hall–Kier alpha value is -1.62. The van der Waals surface area contributed by atoms with E-state index in [1.54, 1.807) is 13.4 Å². The maximum atomic E-state index is 9.38. The van der Waals surface area contributed by atoms with Gasteiger partial charge in [-0.1, -0.05) is 30.3 Å². The van der Waals surface area contributed by atoms with Crippen LogP contribution in [0.15, 0.2) is 53.1 Å². The number of hydrogen-bond donors (Lipinski definition) is 2. The van der Waals surface area contributed by atoms with E-state index in [1.165, 1.54) is 0 Å². The minimum atomic E-state index is -0.139. The summed E-state index contributed by atoms with van der Waals surface area (Å²) >= 11 is 0. The van der Waals surface area contributed by atoms with Crippen molar-refractivity contribution in [3.8, 4) is 0 Å². The number of aliphatic hydroxyl groups is 1. The van der Waals surface area contributed by atoms with Gasteiger partial charge >= 0.3 is 0 Å². The van der Waals surface area contributed by atoms with E-state index >= 15 is 0 Å². The molecule has 4 nitrogen and oxygen atoms in total. The van der Waals surface area contributed by atoms with Gasteiger partial charge in [0.05, 0.1) is 31.6 Å². The summed E-state index contributed by atoms with van der Waals surface area (Å²) in [6, 6.07) is 13.5. The molecule has 0 amide bonds. The van der Waals surface area contributed by atoms with Crippen molar-refractivity contribution in [1.82, 2.24) is 5.32 Å². The largest absolute Gasteiger partial charge is 0.467 e. The second-order valence-corrected chi connectivity index (χ2v) is 4.36. The molecule has 2 unspecified atom stereocenters. The molecule has 0 radical (unpaired) electrons. The molecule has 0 bridgehead atoms. The molecule has 0 saturated heterocycles. The van der Waals surface area contributed by atoms with Gasteiger partial charge in [-0.25, -0.2) is 0 Å². The van der Waals surface area contributed by atoms with Crippen molar-refractivity contribution in [2.24, 2.45) is 0 Å². The molecule has 1 aromatic carbocycles. The van der Waals surface area contributed by atoms with Crippen LogP contribution in [0.1, 0.15) is 17.4 Å². The molecule has 0 spiro atoms. The average molecular weight is 261 g/mol. The summed E-state index contributed by atoms with van der Waals surface area (Å²) in [5, 5.41) is 12.7. The maximum absolute atomic E-state index is 9.38. The highest BCUT2D eigenvalue weighted by molar-refractivity contribution is 5.26. The van der Waals surface area contributed by atoms with E-state index in [0.717, 1.165) is 11.3 Å². The first-order chi connectivity index (χ1) is 9.35. The zero-order valence-electron chi connectivity index (χ0n) is 11.0. The molecule has 2 N–H and O–H groups in total. The predicted octanol–water partition coefficient (Wildman–Crippen LogP) is 1.97. The minimum Gasteiger partial charge on any atom is -0.467 e. The van der Waals surface area contributed by atoms with Crippen molar-refractivity contribution in [2.45, 2.75) is 12.1 Å². The van der Waals surface area contributed by atoms with Crippen LogP contribution in [0.3, 0.4) is 0 Å². The lowest BCUT2D eigenvalue weighted by atomic mass is 10.0. The number of hydrogen-bond acceptors (Lipinski definition) is 4. The third-order valence-corrected chi connectivity index (χ3v) is 2.95. The second-order valence-electron chi connectivity index (χ2n) is 4.36. The molecule has 0 saturated carbocycles. The van der Waals surface area contributed by atoms with E-state index in [9.17, 15) is 5.11 Å². The molecular weight excluding hydrogens is 242 g/mol. The molecule has 2 rings (SSSR count). The zero-order valence-corrected chi connectivity index (χ0v) is 11.0. The number of benzene rings is 1. The van der Waals surface area contributed by atoms with Gasteiger partial charge in [0.25, 0.3) is 0 Å². The molecule has 102 valence electrons. The first-order valence-corrected chi connectivity index (χ1v) is 6.29. The first kappa shape index (κ1) is 13.8. The Balaban J connectivity index is 2.20. The van der Waals surface area contributed by atoms with Crippen molar-refractivity contribution in [1.29, 1.82) is 0 Å². The molecule has 0 aliphatic rings. The minimum absolute atomic E-state index is 0.0118. The topological polar surface area (TPSA) is 54.6 Å². The highest BCUT2D eigenvalue weighted by Crippen LogP contribution is 2.22. The molecule has 2 aromatic rings. The fourth-order valence-corrected chi connectivity index (χ4v) is 2.03. The number of rotatable bonds is 7. The maximum Gasteiger partial charge on any atom is 0.125 e. The van der Waals surface area contributed by atoms with Crippen LogP contribution in [-0.4, -0.2) is 31.5 Å². The Bertz CT molecular complexity index is 456. The van der Waals surface area contributed by atoms with Crippen molar-refractivity contribution in [2.75, 3.05) is 20.3 Å². The van der Waals surface area contributed by atoms with Gasteiger partial charge in [-0.3, -0.25) is 5.32 Å². The van der Waals surface area contributed by atoms with Gasteiger partial charge in [0.1, 0.15) is 5.76 Å². The van der Waals surface area contributed by atoms with E-state index in [-0.39, 0.29) is 18.7 Å². The Kier molecular flexibility index (Phi) is 5.15. The number of nitrogens with one attached hydrogen (secondary N) is 1. The third-order valence-electron chi connectivity index (χ3n) is 2.95. The molecular formula is C15H19NO3. The van der Waals surface area contributed by atoms with E-state index < -0.39 is 0 Å². The van der Waals surface area contributed by atoms with Gasteiger partial charge in [0, 0.05) is 7.11 Å². The van der Waals surface area contributed by atoms with Crippen molar-refractivity contribution < 1.29 is 14.3 Å². The lowest BCUT2D eigenvalue weighted by Crippen LogP contribution is -2.39. The fourth-order valence-electron chi connectivity index (χ4n) is 2.03. The van der Waals surface area contributed by atoms with Crippen LogP contribution in [0.4, 0.5) is 0 Å². The summed E-state index contributed by atoms with van der Waals surface area (Å²) in [6.07, 6.45) is 1.65. The molecule has 0 aliphatic carbocycles. The highest BCUT2D eigenvalue weighted by Gasteiger charge is 2.20. The number of aliphatic hydroxyl groups excluding tert-OH is 1. The number of ether oxygens (including phenoxy) is 1. The van der Waals surface area contributed by atoms with E-state index in [1.807, 2.05) is 42.5 Å². The summed E-state index contributed by atoms with van der Waals surface area (Å²) in [6.45, 7) is 0.457. The van der Waals surface area contributed by atoms with Gasteiger partial charge in [-0.15, -0.1) is 0 Å². The lowest BCUT2D eigenvalue weighted by Gasteiger charge is -2.23. The summed E-state index contributed by atoms with van der Waals surface area (Å²) in [7, 11) is 1.62. The monoisotopic (exact) mass is 261 g/mol. The smallest absolute Gasteiger partial charge is 0.125 e. The predicted molar refractivity (Wildman–Crippen MR) is 72.9 cm³/mol. The molecule has 1 heterocycles. The average Bonchev–Trinajstić information content (AvgIpc) is 2.98. The Morgan fingerprint density at radius 2 is 2.00 bits per heavy atom. The summed E-state index contributed by atoms with van der Waals surface area (Å²) in [5.74, 6) is 0.820. The van der Waals surface area contributed by atoms with Crippen LogP contribution in [0.5, 0.6) is 0 Å². The van der Waals surface area contributed by atoms with Gasteiger partial charge in [-0.05, 0) is 17.7 Å². The van der Waals surface area contributed by atoms with Crippen LogP contribution in [0.25, 0.3) is 0 Å². The molecule has 1 aromatic heterocycles. The number of methoxy groups -OCH3 is 1. The number of furan rings is 1. The lowest BCUT2D eigenvalue weighted by molar-refractivity contribution is 0.123. The summed E-state index contributed by atoms with van der Waals surface area (Å²) in [4.78, 5) is 0. The SMILES string of the molecule is COCC(CO)NC(c1ccccc1)c1ccco1.